The predicted octanol–water partition coefficient (Wildman–Crippen LogP) is 4.49. The molecule has 0 aliphatic heterocycles. The van der Waals surface area contributed by atoms with Gasteiger partial charge in [-0.1, -0.05) is 47.5 Å². The zero-order valence-electron chi connectivity index (χ0n) is 18.2. The molecule has 0 aliphatic carbocycles. The Labute approximate surface area is 198 Å². The number of carbonyl (C=O) groups is 1. The van der Waals surface area contributed by atoms with Crippen molar-refractivity contribution in [2.45, 2.75) is 18.7 Å². The van der Waals surface area contributed by atoms with Gasteiger partial charge in [0.1, 0.15) is 24.7 Å². The number of halogens is 2. The van der Waals surface area contributed by atoms with Crippen LogP contribution < -0.4 is 14.4 Å². The van der Waals surface area contributed by atoms with Gasteiger partial charge in [-0.05, 0) is 55.8 Å². The summed E-state index contributed by atoms with van der Waals surface area (Å²) in [7, 11) is -4.18. The Morgan fingerprint density at radius 3 is 2.42 bits per heavy atom. The average molecular weight is 491 g/mol. The second-order valence-corrected chi connectivity index (χ2v) is 9.66. The molecule has 6 nitrogen and oxygen atoms in total. The zero-order chi connectivity index (χ0) is 24.0. The van der Waals surface area contributed by atoms with Crippen molar-refractivity contribution in [3.63, 3.8) is 0 Å². The van der Waals surface area contributed by atoms with Crippen LogP contribution in [0.5, 0.6) is 5.75 Å². The maximum absolute atomic E-state index is 14.5. The molecule has 33 heavy (non-hydrogen) atoms. The second-order valence-electron chi connectivity index (χ2n) is 7.39. The number of sulfonamides is 1. The first-order chi connectivity index (χ1) is 15.7. The van der Waals surface area contributed by atoms with E-state index >= 15 is 0 Å². The number of nitrogens with zero attached hydrogens (tertiary/aromatic N) is 1. The van der Waals surface area contributed by atoms with Crippen LogP contribution in [-0.4, -0.2) is 34.0 Å². The molecule has 174 valence electrons. The van der Waals surface area contributed by atoms with Gasteiger partial charge in [0.2, 0.25) is 5.91 Å². The summed E-state index contributed by atoms with van der Waals surface area (Å²) in [6.07, 6.45) is 0. The number of benzene rings is 3. The fourth-order valence-electron chi connectivity index (χ4n) is 3.00. The van der Waals surface area contributed by atoms with E-state index in [0.717, 1.165) is 21.5 Å². The lowest BCUT2D eigenvalue weighted by Crippen LogP contribution is -2.42. The molecule has 0 aliphatic rings. The third-order valence-corrected chi connectivity index (χ3v) is 7.03. The van der Waals surface area contributed by atoms with E-state index in [9.17, 15) is 17.6 Å². The van der Waals surface area contributed by atoms with Crippen LogP contribution in [0.25, 0.3) is 0 Å². The van der Waals surface area contributed by atoms with Gasteiger partial charge < -0.3 is 10.1 Å². The molecule has 0 heterocycles. The van der Waals surface area contributed by atoms with E-state index in [4.69, 9.17) is 16.3 Å². The van der Waals surface area contributed by atoms with E-state index in [1.807, 2.05) is 19.9 Å². The van der Waals surface area contributed by atoms with Crippen LogP contribution >= 0.6 is 11.6 Å². The molecule has 9 heteroatoms. The van der Waals surface area contributed by atoms with Gasteiger partial charge in [-0.15, -0.1) is 0 Å². The predicted molar refractivity (Wildman–Crippen MR) is 127 cm³/mol. The molecule has 0 saturated heterocycles. The third kappa shape index (κ3) is 6.24. The standard InChI is InChI=1S/C24H24ClFN2O4S/c1-17-7-11-20(12-8-17)33(30,31)28(23-6-4-3-5-22(23)26)16-24(29)27-13-14-32-19-10-9-18(2)21(25)15-19/h3-12,15H,13-14,16H2,1-2H3,(H,27,29). The Kier molecular flexibility index (Phi) is 7.94. The zero-order valence-corrected chi connectivity index (χ0v) is 19.8. The van der Waals surface area contributed by atoms with E-state index in [0.29, 0.717) is 10.8 Å². The minimum Gasteiger partial charge on any atom is -0.492 e. The fourth-order valence-corrected chi connectivity index (χ4v) is 4.60. The number of hydrogen-bond acceptors (Lipinski definition) is 4. The monoisotopic (exact) mass is 490 g/mol. The Morgan fingerprint density at radius 2 is 1.76 bits per heavy atom. The van der Waals surface area contributed by atoms with Gasteiger partial charge in [0.25, 0.3) is 10.0 Å². The lowest BCUT2D eigenvalue weighted by atomic mass is 10.2. The Bertz CT molecular complexity index is 1230. The molecule has 0 spiro atoms. The SMILES string of the molecule is Cc1ccc(S(=O)(=O)N(CC(=O)NCCOc2ccc(C)c(Cl)c2)c2ccccc2F)cc1. The highest BCUT2D eigenvalue weighted by Gasteiger charge is 2.29. The number of nitrogens with one attached hydrogen (secondary N) is 1. The number of hydrogen-bond donors (Lipinski definition) is 1. The van der Waals surface area contributed by atoms with Crippen molar-refractivity contribution in [1.82, 2.24) is 5.32 Å². The maximum Gasteiger partial charge on any atom is 0.264 e. The molecule has 1 amide bonds. The lowest BCUT2D eigenvalue weighted by molar-refractivity contribution is -0.119. The Hall–Kier alpha value is -3.10. The highest BCUT2D eigenvalue weighted by molar-refractivity contribution is 7.92. The van der Waals surface area contributed by atoms with Crippen LogP contribution in [0.1, 0.15) is 11.1 Å². The number of ether oxygens (including phenoxy) is 1. The fraction of sp³-hybridized carbons (Fsp3) is 0.208. The van der Waals surface area contributed by atoms with Crippen LogP contribution in [0.2, 0.25) is 5.02 Å². The first kappa shape index (κ1) is 24.5. The molecular formula is C24H24ClFN2O4S. The largest absolute Gasteiger partial charge is 0.492 e. The van der Waals surface area contributed by atoms with Crippen molar-refractivity contribution in [2.75, 3.05) is 24.0 Å². The van der Waals surface area contributed by atoms with Crippen molar-refractivity contribution < 1.29 is 22.3 Å². The number of amides is 1. The van der Waals surface area contributed by atoms with E-state index in [2.05, 4.69) is 5.32 Å². The van der Waals surface area contributed by atoms with Crippen molar-refractivity contribution in [3.05, 3.63) is 88.7 Å². The Morgan fingerprint density at radius 1 is 1.06 bits per heavy atom. The van der Waals surface area contributed by atoms with Crippen molar-refractivity contribution in [1.29, 1.82) is 0 Å². The van der Waals surface area contributed by atoms with Gasteiger partial charge in [0.15, 0.2) is 0 Å². The topological polar surface area (TPSA) is 75.7 Å². The number of carbonyl (C=O) groups excluding carboxylic acids is 1. The van der Waals surface area contributed by atoms with Gasteiger partial charge in [-0.25, -0.2) is 12.8 Å². The first-order valence-corrected chi connectivity index (χ1v) is 12.0. The number of para-hydroxylation sites is 1. The minimum absolute atomic E-state index is 0.0382. The number of anilines is 1. The summed E-state index contributed by atoms with van der Waals surface area (Å²) >= 11 is 6.06. The molecule has 1 N–H and O–H groups in total. The van der Waals surface area contributed by atoms with Crippen LogP contribution in [0, 0.1) is 19.7 Å². The Balaban J connectivity index is 1.71. The molecule has 3 rings (SSSR count). The van der Waals surface area contributed by atoms with Crippen molar-refractivity contribution in [2.24, 2.45) is 0 Å². The normalized spacial score (nSPS) is 11.2. The third-order valence-electron chi connectivity index (χ3n) is 4.85. The van der Waals surface area contributed by atoms with E-state index in [-0.39, 0.29) is 23.7 Å². The molecule has 3 aromatic carbocycles. The quantitative estimate of drug-likeness (QED) is 0.448. The van der Waals surface area contributed by atoms with E-state index < -0.39 is 28.3 Å². The summed E-state index contributed by atoms with van der Waals surface area (Å²) in [5, 5.41) is 3.17. The smallest absolute Gasteiger partial charge is 0.264 e. The van der Waals surface area contributed by atoms with Crippen molar-refractivity contribution >= 4 is 33.2 Å². The highest BCUT2D eigenvalue weighted by Crippen LogP contribution is 2.26. The first-order valence-electron chi connectivity index (χ1n) is 10.2. The summed E-state index contributed by atoms with van der Waals surface area (Å²) in [6, 6.07) is 16.8. The highest BCUT2D eigenvalue weighted by atomic mass is 35.5. The summed E-state index contributed by atoms with van der Waals surface area (Å²) in [5.74, 6) is -0.796. The minimum atomic E-state index is -4.18. The number of aryl methyl sites for hydroxylation is 2. The van der Waals surface area contributed by atoms with Crippen LogP contribution in [0.15, 0.2) is 71.6 Å². The van der Waals surface area contributed by atoms with Gasteiger partial charge in [0.05, 0.1) is 17.1 Å². The molecule has 0 atom stereocenters. The molecule has 0 fully saturated rings. The second kappa shape index (κ2) is 10.7. The molecule has 0 radical (unpaired) electrons. The average Bonchev–Trinajstić information content (AvgIpc) is 2.78. The van der Waals surface area contributed by atoms with Crippen LogP contribution in [-0.2, 0) is 14.8 Å². The molecule has 0 unspecified atom stereocenters. The maximum atomic E-state index is 14.5. The molecule has 0 aromatic heterocycles. The van der Waals surface area contributed by atoms with Gasteiger partial charge in [0, 0.05) is 5.02 Å². The lowest BCUT2D eigenvalue weighted by Gasteiger charge is -2.24. The molecule has 3 aromatic rings. The summed E-state index contributed by atoms with van der Waals surface area (Å²) < 4.78 is 47.3. The van der Waals surface area contributed by atoms with E-state index in [1.165, 1.54) is 30.3 Å². The van der Waals surface area contributed by atoms with Gasteiger partial charge in [-0.3, -0.25) is 9.10 Å². The molecular weight excluding hydrogens is 467 g/mol. The summed E-state index contributed by atoms with van der Waals surface area (Å²) in [5.41, 5.74) is 1.58. The van der Waals surface area contributed by atoms with Gasteiger partial charge >= 0.3 is 0 Å². The number of rotatable bonds is 9. The summed E-state index contributed by atoms with van der Waals surface area (Å²) in [6.45, 7) is 3.38. The van der Waals surface area contributed by atoms with Crippen LogP contribution in [0.3, 0.4) is 0 Å². The molecule has 0 bridgehead atoms. The molecule has 0 saturated carbocycles. The van der Waals surface area contributed by atoms with Crippen LogP contribution in [0.4, 0.5) is 10.1 Å². The van der Waals surface area contributed by atoms with E-state index in [1.54, 1.807) is 24.3 Å². The van der Waals surface area contributed by atoms with Gasteiger partial charge in [-0.2, -0.15) is 0 Å². The summed E-state index contributed by atoms with van der Waals surface area (Å²) in [4.78, 5) is 12.5. The van der Waals surface area contributed by atoms with Crippen molar-refractivity contribution in [3.8, 4) is 5.75 Å².